The summed E-state index contributed by atoms with van der Waals surface area (Å²) in [5, 5.41) is 0. The van der Waals surface area contributed by atoms with Crippen LogP contribution in [-0.2, 0) is 17.9 Å². The standard InChI is InChI=1S/C26H26N6O3/c1-19-7-9-20(10-8-19)17-32-24-21(5-4-12-28-24)31(25(34)26(32)35)18-23(33)30-15-13-29(14-16-30)22-6-2-3-11-27-22/h2-12H,13-18H2,1H3. The third-order valence-corrected chi connectivity index (χ3v) is 6.35. The Balaban J connectivity index is 1.40. The molecule has 3 aromatic heterocycles. The normalized spacial score (nSPS) is 13.9. The summed E-state index contributed by atoms with van der Waals surface area (Å²) in [6.07, 6.45) is 3.33. The van der Waals surface area contributed by atoms with Gasteiger partial charge in [0.1, 0.15) is 12.4 Å². The molecule has 0 aliphatic carbocycles. The van der Waals surface area contributed by atoms with Crippen molar-refractivity contribution in [3.8, 4) is 0 Å². The van der Waals surface area contributed by atoms with Crippen LogP contribution in [-0.4, -0.2) is 56.1 Å². The Labute approximate surface area is 201 Å². The van der Waals surface area contributed by atoms with Crippen LogP contribution in [0.25, 0.3) is 11.2 Å². The van der Waals surface area contributed by atoms with E-state index in [0.717, 1.165) is 16.9 Å². The van der Waals surface area contributed by atoms with Gasteiger partial charge in [0.2, 0.25) is 5.91 Å². The fourth-order valence-corrected chi connectivity index (χ4v) is 4.38. The Bertz CT molecular complexity index is 1470. The van der Waals surface area contributed by atoms with E-state index in [2.05, 4.69) is 14.9 Å². The zero-order valence-corrected chi connectivity index (χ0v) is 19.5. The van der Waals surface area contributed by atoms with Gasteiger partial charge >= 0.3 is 11.1 Å². The van der Waals surface area contributed by atoms with Gasteiger partial charge in [-0.1, -0.05) is 35.9 Å². The van der Waals surface area contributed by atoms with Gasteiger partial charge in [0.05, 0.1) is 12.1 Å². The minimum Gasteiger partial charge on any atom is -0.353 e. The average molecular weight is 471 g/mol. The molecule has 35 heavy (non-hydrogen) atoms. The predicted octanol–water partition coefficient (Wildman–Crippen LogP) is 1.66. The number of rotatable bonds is 5. The van der Waals surface area contributed by atoms with Crippen molar-refractivity contribution in [3.05, 3.63) is 98.8 Å². The second kappa shape index (κ2) is 9.54. The third-order valence-electron chi connectivity index (χ3n) is 6.35. The second-order valence-corrected chi connectivity index (χ2v) is 8.67. The second-order valence-electron chi connectivity index (χ2n) is 8.67. The maximum Gasteiger partial charge on any atom is 0.318 e. The van der Waals surface area contributed by atoms with Crippen LogP contribution in [0.5, 0.6) is 0 Å². The Morgan fingerprint density at radius 2 is 1.54 bits per heavy atom. The highest BCUT2D eigenvalue weighted by Gasteiger charge is 2.24. The van der Waals surface area contributed by atoms with Gasteiger partial charge in [-0.2, -0.15) is 0 Å². The number of aromatic nitrogens is 4. The molecule has 5 rings (SSSR count). The number of carbonyl (C=O) groups is 1. The number of anilines is 1. The number of pyridine rings is 2. The molecular weight excluding hydrogens is 444 g/mol. The highest BCUT2D eigenvalue weighted by Crippen LogP contribution is 2.14. The van der Waals surface area contributed by atoms with Crippen molar-refractivity contribution in [1.82, 2.24) is 24.0 Å². The molecular formula is C26H26N6O3. The Kier molecular flexibility index (Phi) is 6.13. The fraction of sp³-hybridized carbons (Fsp3) is 0.269. The lowest BCUT2D eigenvalue weighted by molar-refractivity contribution is -0.132. The summed E-state index contributed by atoms with van der Waals surface area (Å²) < 4.78 is 2.64. The number of aryl methyl sites for hydroxylation is 1. The number of hydrogen-bond acceptors (Lipinski definition) is 6. The first-order valence-corrected chi connectivity index (χ1v) is 11.6. The molecule has 1 amide bonds. The monoisotopic (exact) mass is 470 g/mol. The molecule has 1 aliphatic heterocycles. The molecule has 0 saturated carbocycles. The molecule has 0 atom stereocenters. The lowest BCUT2D eigenvalue weighted by Crippen LogP contribution is -2.51. The first-order chi connectivity index (χ1) is 17.0. The molecule has 4 aromatic rings. The smallest absolute Gasteiger partial charge is 0.318 e. The van der Waals surface area contributed by atoms with Gasteiger partial charge in [0.15, 0.2) is 5.65 Å². The van der Waals surface area contributed by atoms with E-state index < -0.39 is 11.1 Å². The average Bonchev–Trinajstić information content (AvgIpc) is 2.90. The summed E-state index contributed by atoms with van der Waals surface area (Å²) in [5.41, 5.74) is 1.43. The predicted molar refractivity (Wildman–Crippen MR) is 134 cm³/mol. The van der Waals surface area contributed by atoms with Crippen LogP contribution in [0.3, 0.4) is 0 Å². The van der Waals surface area contributed by atoms with E-state index in [9.17, 15) is 14.4 Å². The van der Waals surface area contributed by atoms with Gasteiger partial charge in [0.25, 0.3) is 0 Å². The summed E-state index contributed by atoms with van der Waals surface area (Å²) in [6, 6.07) is 17.0. The fourth-order valence-electron chi connectivity index (χ4n) is 4.38. The van der Waals surface area contributed by atoms with Crippen molar-refractivity contribution in [3.63, 3.8) is 0 Å². The van der Waals surface area contributed by atoms with Gasteiger partial charge in [-0.25, -0.2) is 9.97 Å². The Morgan fingerprint density at radius 1 is 0.829 bits per heavy atom. The third kappa shape index (κ3) is 4.57. The van der Waals surface area contributed by atoms with Gasteiger partial charge in [-0.05, 0) is 36.8 Å². The summed E-state index contributed by atoms with van der Waals surface area (Å²) >= 11 is 0. The van der Waals surface area contributed by atoms with E-state index in [1.165, 1.54) is 9.13 Å². The van der Waals surface area contributed by atoms with Crippen LogP contribution >= 0.6 is 0 Å². The lowest BCUT2D eigenvalue weighted by Gasteiger charge is -2.35. The maximum atomic E-state index is 13.1. The van der Waals surface area contributed by atoms with Gasteiger partial charge in [-0.15, -0.1) is 0 Å². The molecule has 9 heteroatoms. The lowest BCUT2D eigenvalue weighted by atomic mass is 10.1. The molecule has 0 spiro atoms. The molecule has 0 N–H and O–H groups in total. The maximum absolute atomic E-state index is 13.1. The number of amides is 1. The quantitative estimate of drug-likeness (QED) is 0.412. The van der Waals surface area contributed by atoms with Gasteiger partial charge in [0, 0.05) is 38.6 Å². The summed E-state index contributed by atoms with van der Waals surface area (Å²) in [6.45, 7) is 4.35. The minimum absolute atomic E-state index is 0.200. The molecule has 1 aromatic carbocycles. The van der Waals surface area contributed by atoms with Crippen LogP contribution in [0, 0.1) is 6.92 Å². The van der Waals surface area contributed by atoms with Crippen molar-refractivity contribution in [2.75, 3.05) is 31.1 Å². The van der Waals surface area contributed by atoms with Gasteiger partial charge in [-0.3, -0.25) is 23.5 Å². The van der Waals surface area contributed by atoms with Crippen molar-refractivity contribution in [2.24, 2.45) is 0 Å². The summed E-state index contributed by atoms with van der Waals surface area (Å²) in [4.78, 5) is 51.9. The van der Waals surface area contributed by atoms with E-state index in [4.69, 9.17) is 0 Å². The van der Waals surface area contributed by atoms with Crippen LogP contribution in [0.2, 0.25) is 0 Å². The van der Waals surface area contributed by atoms with Crippen LogP contribution in [0.4, 0.5) is 5.82 Å². The number of benzene rings is 1. The van der Waals surface area contributed by atoms with E-state index in [1.807, 2.05) is 49.4 Å². The number of piperazine rings is 1. The summed E-state index contributed by atoms with van der Waals surface area (Å²) in [7, 11) is 0. The van der Waals surface area contributed by atoms with Crippen molar-refractivity contribution in [1.29, 1.82) is 0 Å². The van der Waals surface area contributed by atoms with E-state index >= 15 is 0 Å². The SMILES string of the molecule is Cc1ccc(Cn2c(=O)c(=O)n(CC(=O)N3CCN(c4ccccn4)CC3)c3cccnc32)cc1. The summed E-state index contributed by atoms with van der Waals surface area (Å²) in [5.74, 6) is 0.679. The van der Waals surface area contributed by atoms with Crippen LogP contribution in [0.15, 0.2) is 76.6 Å². The van der Waals surface area contributed by atoms with Crippen molar-refractivity contribution in [2.45, 2.75) is 20.0 Å². The molecule has 4 heterocycles. The minimum atomic E-state index is -0.724. The first kappa shape index (κ1) is 22.5. The number of nitrogens with zero attached hydrogens (tertiary/aromatic N) is 6. The number of hydrogen-bond donors (Lipinski definition) is 0. The molecule has 1 saturated heterocycles. The molecule has 1 fully saturated rings. The molecule has 9 nitrogen and oxygen atoms in total. The van der Waals surface area contributed by atoms with Gasteiger partial charge < -0.3 is 9.80 Å². The van der Waals surface area contributed by atoms with E-state index in [1.54, 1.807) is 29.4 Å². The first-order valence-electron chi connectivity index (χ1n) is 11.6. The molecule has 1 aliphatic rings. The molecule has 178 valence electrons. The zero-order valence-electron chi connectivity index (χ0n) is 19.5. The van der Waals surface area contributed by atoms with E-state index in [0.29, 0.717) is 37.3 Å². The van der Waals surface area contributed by atoms with Crippen molar-refractivity contribution < 1.29 is 4.79 Å². The highest BCUT2D eigenvalue weighted by molar-refractivity contribution is 5.79. The van der Waals surface area contributed by atoms with Crippen LogP contribution < -0.4 is 16.0 Å². The Hall–Kier alpha value is -4.27. The van der Waals surface area contributed by atoms with Crippen molar-refractivity contribution >= 4 is 22.9 Å². The Morgan fingerprint density at radius 3 is 2.26 bits per heavy atom. The molecule has 0 unspecified atom stereocenters. The van der Waals surface area contributed by atoms with E-state index in [-0.39, 0.29) is 19.0 Å². The number of carbonyl (C=O) groups excluding carboxylic acids is 1. The topological polar surface area (TPSA) is 93.3 Å². The molecule has 0 bridgehead atoms. The highest BCUT2D eigenvalue weighted by atomic mass is 16.2. The zero-order chi connectivity index (χ0) is 24.4. The molecule has 0 radical (unpaired) electrons. The van der Waals surface area contributed by atoms with Crippen LogP contribution in [0.1, 0.15) is 11.1 Å². The largest absolute Gasteiger partial charge is 0.353 e. The number of fused-ring (bicyclic) bond motifs is 1.